The summed E-state index contributed by atoms with van der Waals surface area (Å²) < 4.78 is 0. The summed E-state index contributed by atoms with van der Waals surface area (Å²) in [5.74, 6) is 0. The molecule has 2 rings (SSSR count). The molecule has 0 radical (unpaired) electrons. The number of hydrogen-bond donors (Lipinski definition) is 2. The van der Waals surface area contributed by atoms with Crippen molar-refractivity contribution in [1.82, 2.24) is 0 Å². The quantitative estimate of drug-likeness (QED) is 0.804. The Morgan fingerprint density at radius 3 is 2.22 bits per heavy atom. The number of benzene rings is 2. The molecule has 0 fully saturated rings. The lowest BCUT2D eigenvalue weighted by Gasteiger charge is -2.11. The molecule has 2 nitrogen and oxygen atoms in total. The van der Waals surface area contributed by atoms with Crippen LogP contribution in [0.1, 0.15) is 18.1 Å². The fourth-order valence-corrected chi connectivity index (χ4v) is 2.08. The monoisotopic (exact) mass is 240 g/mol. The Morgan fingerprint density at radius 2 is 1.67 bits per heavy atom. The summed E-state index contributed by atoms with van der Waals surface area (Å²) in [4.78, 5) is 0. The summed E-state index contributed by atoms with van der Waals surface area (Å²) in [6, 6.07) is 13.9. The first kappa shape index (κ1) is 12.9. The molecule has 0 heterocycles. The molecule has 0 aliphatic carbocycles. The van der Waals surface area contributed by atoms with Gasteiger partial charge in [0.1, 0.15) is 0 Å². The van der Waals surface area contributed by atoms with Crippen LogP contribution in [0.5, 0.6) is 0 Å². The van der Waals surface area contributed by atoms with Crippen molar-refractivity contribution >= 4 is 12.6 Å². The molecule has 0 atom stereocenters. The second-order valence-electron chi connectivity index (χ2n) is 4.51. The summed E-state index contributed by atoms with van der Waals surface area (Å²) in [5, 5.41) is 18.4. The minimum absolute atomic E-state index is 0.544. The van der Waals surface area contributed by atoms with Gasteiger partial charge in [-0.15, -0.1) is 0 Å². The van der Waals surface area contributed by atoms with Crippen molar-refractivity contribution in [2.75, 3.05) is 0 Å². The average molecular weight is 240 g/mol. The van der Waals surface area contributed by atoms with E-state index in [0.29, 0.717) is 5.46 Å². The van der Waals surface area contributed by atoms with Gasteiger partial charge in [-0.3, -0.25) is 0 Å². The molecule has 0 unspecified atom stereocenters. The molecule has 0 aliphatic heterocycles. The maximum Gasteiger partial charge on any atom is 0.488 e. The third-order valence-electron chi connectivity index (χ3n) is 3.17. The Hall–Kier alpha value is -1.58. The third-order valence-corrected chi connectivity index (χ3v) is 3.17. The van der Waals surface area contributed by atoms with Gasteiger partial charge in [-0.25, -0.2) is 0 Å². The maximum absolute atomic E-state index is 9.20. The second-order valence-corrected chi connectivity index (χ2v) is 4.51. The van der Waals surface area contributed by atoms with Crippen LogP contribution < -0.4 is 5.46 Å². The van der Waals surface area contributed by atoms with Crippen LogP contribution in [-0.2, 0) is 6.42 Å². The van der Waals surface area contributed by atoms with Crippen LogP contribution >= 0.6 is 0 Å². The van der Waals surface area contributed by atoms with Crippen LogP contribution in [-0.4, -0.2) is 17.2 Å². The van der Waals surface area contributed by atoms with Crippen LogP contribution in [0.15, 0.2) is 42.5 Å². The minimum atomic E-state index is -1.40. The lowest BCUT2D eigenvalue weighted by molar-refractivity contribution is 0.425. The zero-order valence-corrected chi connectivity index (χ0v) is 10.7. The van der Waals surface area contributed by atoms with Crippen LogP contribution in [0.2, 0.25) is 0 Å². The highest BCUT2D eigenvalue weighted by Crippen LogP contribution is 2.23. The number of hydrogen-bond acceptors (Lipinski definition) is 2. The molecule has 0 aliphatic rings. The molecular weight excluding hydrogens is 223 g/mol. The molecule has 0 spiro atoms. The highest BCUT2D eigenvalue weighted by atomic mass is 16.4. The Morgan fingerprint density at radius 1 is 1.00 bits per heavy atom. The van der Waals surface area contributed by atoms with Crippen molar-refractivity contribution in [1.29, 1.82) is 0 Å². The largest absolute Gasteiger partial charge is 0.488 e. The van der Waals surface area contributed by atoms with E-state index in [1.807, 2.05) is 12.1 Å². The van der Waals surface area contributed by atoms with Crippen LogP contribution in [0.3, 0.4) is 0 Å². The average Bonchev–Trinajstić information content (AvgIpc) is 2.39. The Bertz CT molecular complexity index is 533. The van der Waals surface area contributed by atoms with Gasteiger partial charge in [-0.2, -0.15) is 0 Å². The lowest BCUT2D eigenvalue weighted by atomic mass is 9.78. The molecule has 2 aromatic rings. The van der Waals surface area contributed by atoms with E-state index in [9.17, 15) is 10.0 Å². The van der Waals surface area contributed by atoms with Gasteiger partial charge < -0.3 is 10.0 Å². The first-order valence-corrected chi connectivity index (χ1v) is 6.18. The zero-order chi connectivity index (χ0) is 13.1. The molecule has 0 saturated heterocycles. The molecular formula is C15H17BO2. The first-order valence-electron chi connectivity index (χ1n) is 6.18. The van der Waals surface area contributed by atoms with Gasteiger partial charge in [-0.1, -0.05) is 55.0 Å². The van der Waals surface area contributed by atoms with E-state index in [1.165, 1.54) is 5.56 Å². The van der Waals surface area contributed by atoms with Crippen LogP contribution in [0, 0.1) is 6.92 Å². The van der Waals surface area contributed by atoms with E-state index in [2.05, 4.69) is 38.1 Å². The van der Waals surface area contributed by atoms with Gasteiger partial charge in [0.25, 0.3) is 0 Å². The van der Waals surface area contributed by atoms with Crippen molar-refractivity contribution in [3.8, 4) is 11.1 Å². The summed E-state index contributed by atoms with van der Waals surface area (Å²) in [6.07, 6.45) is 0.865. The minimum Gasteiger partial charge on any atom is -0.423 e. The predicted molar refractivity (Wildman–Crippen MR) is 75.8 cm³/mol. The summed E-state index contributed by atoms with van der Waals surface area (Å²) in [6.45, 7) is 4.14. The van der Waals surface area contributed by atoms with E-state index in [1.54, 1.807) is 6.07 Å². The summed E-state index contributed by atoms with van der Waals surface area (Å²) >= 11 is 0. The van der Waals surface area contributed by atoms with Crippen molar-refractivity contribution in [2.24, 2.45) is 0 Å². The maximum atomic E-state index is 9.20. The van der Waals surface area contributed by atoms with E-state index in [4.69, 9.17) is 0 Å². The summed E-state index contributed by atoms with van der Waals surface area (Å²) in [5.41, 5.74) is 5.23. The summed E-state index contributed by atoms with van der Waals surface area (Å²) in [7, 11) is -1.40. The third kappa shape index (κ3) is 2.63. The van der Waals surface area contributed by atoms with Crippen molar-refractivity contribution in [2.45, 2.75) is 20.3 Å². The normalized spacial score (nSPS) is 10.4. The fourth-order valence-electron chi connectivity index (χ4n) is 2.08. The molecule has 0 saturated carbocycles. The predicted octanol–water partition coefficient (Wildman–Crippen LogP) is 1.90. The number of aryl methyl sites for hydroxylation is 2. The Kier molecular flexibility index (Phi) is 3.85. The molecule has 2 N–H and O–H groups in total. The van der Waals surface area contributed by atoms with E-state index in [-0.39, 0.29) is 0 Å². The van der Waals surface area contributed by atoms with Gasteiger partial charge in [0.15, 0.2) is 0 Å². The highest BCUT2D eigenvalue weighted by Gasteiger charge is 2.13. The molecule has 3 heteroatoms. The fraction of sp³-hybridized carbons (Fsp3) is 0.200. The molecule has 0 aromatic heterocycles. The van der Waals surface area contributed by atoms with Gasteiger partial charge >= 0.3 is 7.12 Å². The van der Waals surface area contributed by atoms with Gasteiger partial charge in [0.2, 0.25) is 0 Å². The molecule has 0 bridgehead atoms. The van der Waals surface area contributed by atoms with Crippen molar-refractivity contribution in [3.63, 3.8) is 0 Å². The van der Waals surface area contributed by atoms with Crippen molar-refractivity contribution < 1.29 is 10.0 Å². The van der Waals surface area contributed by atoms with E-state index in [0.717, 1.165) is 23.1 Å². The van der Waals surface area contributed by atoms with Crippen molar-refractivity contribution in [3.05, 3.63) is 53.6 Å². The SMILES string of the molecule is CCc1cc(B(O)O)ccc1-c1ccc(C)cc1. The van der Waals surface area contributed by atoms with Crippen LogP contribution in [0.4, 0.5) is 0 Å². The topological polar surface area (TPSA) is 40.5 Å². The smallest absolute Gasteiger partial charge is 0.423 e. The van der Waals surface area contributed by atoms with Crippen LogP contribution in [0.25, 0.3) is 11.1 Å². The van der Waals surface area contributed by atoms with E-state index >= 15 is 0 Å². The molecule has 0 amide bonds. The van der Waals surface area contributed by atoms with Gasteiger partial charge in [-0.05, 0) is 35.5 Å². The van der Waals surface area contributed by atoms with E-state index < -0.39 is 7.12 Å². The molecule has 18 heavy (non-hydrogen) atoms. The first-order chi connectivity index (χ1) is 8.61. The Labute approximate surface area is 108 Å². The lowest BCUT2D eigenvalue weighted by Crippen LogP contribution is -2.30. The molecule has 2 aromatic carbocycles. The molecule has 92 valence electrons. The zero-order valence-electron chi connectivity index (χ0n) is 10.7. The van der Waals surface area contributed by atoms with Gasteiger partial charge in [0, 0.05) is 0 Å². The standard InChI is InChI=1S/C15H17BO2/c1-3-12-10-14(16(17)18)8-9-15(12)13-6-4-11(2)5-7-13/h4-10,17-18H,3H2,1-2H3. The Balaban J connectivity index is 2.47. The number of rotatable bonds is 3. The second kappa shape index (κ2) is 5.38. The highest BCUT2D eigenvalue weighted by molar-refractivity contribution is 6.58. The van der Waals surface area contributed by atoms with Gasteiger partial charge in [0.05, 0.1) is 0 Å².